The number of hydrogen-bond donors (Lipinski definition) is 1. The summed E-state index contributed by atoms with van der Waals surface area (Å²) in [5.74, 6) is 0. The van der Waals surface area contributed by atoms with E-state index in [1.54, 1.807) is 0 Å². The Kier molecular flexibility index (Phi) is 4.30. The van der Waals surface area contributed by atoms with Gasteiger partial charge in [-0.25, -0.2) is 0 Å². The van der Waals surface area contributed by atoms with E-state index in [9.17, 15) is 0 Å². The van der Waals surface area contributed by atoms with Gasteiger partial charge in [0.2, 0.25) is 0 Å². The van der Waals surface area contributed by atoms with Gasteiger partial charge in [0, 0.05) is 31.7 Å². The second kappa shape index (κ2) is 5.59. The molecule has 2 rings (SSSR count). The van der Waals surface area contributed by atoms with Crippen LogP contribution >= 0.6 is 11.6 Å². The van der Waals surface area contributed by atoms with E-state index >= 15 is 0 Å². The number of likely N-dealkylation sites (tertiary alicyclic amines) is 1. The Bertz CT molecular complexity index is 415. The lowest BCUT2D eigenvalue weighted by atomic mass is 9.99. The van der Waals surface area contributed by atoms with E-state index in [4.69, 9.17) is 17.3 Å². The van der Waals surface area contributed by atoms with Crippen molar-refractivity contribution in [1.82, 2.24) is 14.7 Å². The molecule has 0 aliphatic carbocycles. The van der Waals surface area contributed by atoms with E-state index in [0.29, 0.717) is 12.1 Å². The monoisotopic (exact) mass is 270 g/mol. The molecule has 4 nitrogen and oxygen atoms in total. The van der Waals surface area contributed by atoms with Crippen LogP contribution in [0.5, 0.6) is 0 Å². The van der Waals surface area contributed by atoms with Crippen molar-refractivity contribution in [1.29, 1.82) is 0 Å². The maximum Gasteiger partial charge on any atom is 0.0860 e. The predicted octanol–water partition coefficient (Wildman–Crippen LogP) is 2.18. The van der Waals surface area contributed by atoms with Crippen LogP contribution in [0.15, 0.2) is 0 Å². The zero-order valence-electron chi connectivity index (χ0n) is 11.5. The molecule has 18 heavy (non-hydrogen) atoms. The highest BCUT2D eigenvalue weighted by Gasteiger charge is 2.25. The summed E-state index contributed by atoms with van der Waals surface area (Å²) >= 11 is 6.35. The van der Waals surface area contributed by atoms with Crippen molar-refractivity contribution in [3.63, 3.8) is 0 Å². The van der Waals surface area contributed by atoms with Crippen LogP contribution in [0.4, 0.5) is 0 Å². The minimum Gasteiger partial charge on any atom is -0.328 e. The molecule has 1 aromatic rings. The summed E-state index contributed by atoms with van der Waals surface area (Å²) in [7, 11) is 0. The second-order valence-corrected chi connectivity index (χ2v) is 5.64. The molecule has 0 saturated carbocycles. The Morgan fingerprint density at radius 3 is 2.83 bits per heavy atom. The fourth-order valence-corrected chi connectivity index (χ4v) is 2.90. The lowest BCUT2D eigenvalue weighted by Gasteiger charge is -2.36. The van der Waals surface area contributed by atoms with Crippen LogP contribution in [0.1, 0.15) is 38.1 Å². The maximum atomic E-state index is 6.35. The molecule has 1 aromatic heterocycles. The average Bonchev–Trinajstić information content (AvgIpc) is 2.60. The first kappa shape index (κ1) is 13.8. The number of hydrogen-bond acceptors (Lipinski definition) is 3. The highest BCUT2D eigenvalue weighted by molar-refractivity contribution is 6.31. The SMILES string of the molecule is CCn1nc(C)c(Cl)c1CN1CCC(N)CC1C. The minimum atomic E-state index is 0.351. The first-order valence-electron chi connectivity index (χ1n) is 6.74. The summed E-state index contributed by atoms with van der Waals surface area (Å²) in [4.78, 5) is 2.46. The number of nitrogens with two attached hydrogens (primary N) is 1. The lowest BCUT2D eigenvalue weighted by molar-refractivity contribution is 0.136. The molecule has 0 spiro atoms. The first-order valence-corrected chi connectivity index (χ1v) is 7.12. The van der Waals surface area contributed by atoms with Crippen molar-refractivity contribution in [3.8, 4) is 0 Å². The molecule has 2 heterocycles. The fraction of sp³-hybridized carbons (Fsp3) is 0.769. The van der Waals surface area contributed by atoms with E-state index in [2.05, 4.69) is 23.8 Å². The van der Waals surface area contributed by atoms with E-state index < -0.39 is 0 Å². The third kappa shape index (κ3) is 2.71. The summed E-state index contributed by atoms with van der Waals surface area (Å²) in [5.41, 5.74) is 8.06. The summed E-state index contributed by atoms with van der Waals surface area (Å²) in [6.07, 6.45) is 2.14. The standard InChI is InChI=1S/C13H23ClN4/c1-4-18-12(13(14)10(3)16-18)8-17-6-5-11(15)7-9(17)2/h9,11H,4-8,15H2,1-3H3. The van der Waals surface area contributed by atoms with E-state index in [0.717, 1.165) is 48.9 Å². The molecule has 0 bridgehead atoms. The zero-order chi connectivity index (χ0) is 13.3. The number of nitrogens with zero attached hydrogens (tertiary/aromatic N) is 3. The third-order valence-corrected chi connectivity index (χ3v) is 4.35. The Hall–Kier alpha value is -0.580. The molecular formula is C13H23ClN4. The van der Waals surface area contributed by atoms with Gasteiger partial charge in [0.05, 0.1) is 16.4 Å². The van der Waals surface area contributed by atoms with Gasteiger partial charge in [-0.05, 0) is 33.6 Å². The van der Waals surface area contributed by atoms with Crippen LogP contribution in [-0.4, -0.2) is 33.3 Å². The van der Waals surface area contributed by atoms with Crippen LogP contribution in [-0.2, 0) is 13.1 Å². The molecule has 0 radical (unpaired) electrons. The van der Waals surface area contributed by atoms with Gasteiger partial charge in [-0.1, -0.05) is 11.6 Å². The van der Waals surface area contributed by atoms with Crippen molar-refractivity contribution in [2.24, 2.45) is 5.73 Å². The minimum absolute atomic E-state index is 0.351. The van der Waals surface area contributed by atoms with Crippen LogP contribution in [0, 0.1) is 6.92 Å². The van der Waals surface area contributed by atoms with Crippen LogP contribution in [0.3, 0.4) is 0 Å². The molecule has 102 valence electrons. The number of rotatable bonds is 3. The molecular weight excluding hydrogens is 248 g/mol. The largest absolute Gasteiger partial charge is 0.328 e. The van der Waals surface area contributed by atoms with Crippen LogP contribution in [0.25, 0.3) is 0 Å². The molecule has 0 aromatic carbocycles. The Labute approximate surface area is 114 Å². The quantitative estimate of drug-likeness (QED) is 0.916. The van der Waals surface area contributed by atoms with Gasteiger partial charge in [0.1, 0.15) is 0 Å². The Morgan fingerprint density at radius 2 is 2.22 bits per heavy atom. The van der Waals surface area contributed by atoms with Crippen molar-refractivity contribution in [2.75, 3.05) is 6.54 Å². The van der Waals surface area contributed by atoms with Gasteiger partial charge in [-0.2, -0.15) is 5.10 Å². The van der Waals surface area contributed by atoms with Gasteiger partial charge in [0.15, 0.2) is 0 Å². The summed E-state index contributed by atoms with van der Waals surface area (Å²) in [6, 6.07) is 0.870. The van der Waals surface area contributed by atoms with Crippen LogP contribution < -0.4 is 5.73 Å². The molecule has 1 saturated heterocycles. The smallest absolute Gasteiger partial charge is 0.0860 e. The molecule has 1 aliphatic rings. The van der Waals surface area contributed by atoms with E-state index in [1.807, 2.05) is 11.6 Å². The lowest BCUT2D eigenvalue weighted by Crippen LogP contribution is -2.45. The van der Waals surface area contributed by atoms with Gasteiger partial charge in [-0.15, -0.1) is 0 Å². The molecule has 2 atom stereocenters. The molecule has 0 amide bonds. The van der Waals surface area contributed by atoms with Crippen molar-refractivity contribution in [3.05, 3.63) is 16.4 Å². The van der Waals surface area contributed by atoms with E-state index in [1.165, 1.54) is 0 Å². The van der Waals surface area contributed by atoms with Crippen molar-refractivity contribution >= 4 is 11.6 Å². The van der Waals surface area contributed by atoms with Gasteiger partial charge in [0.25, 0.3) is 0 Å². The maximum absolute atomic E-state index is 6.35. The normalized spacial score (nSPS) is 25.6. The summed E-state index contributed by atoms with van der Waals surface area (Å²) < 4.78 is 2.01. The number of piperidine rings is 1. The van der Waals surface area contributed by atoms with Crippen molar-refractivity contribution in [2.45, 2.75) is 58.8 Å². The van der Waals surface area contributed by atoms with Gasteiger partial charge >= 0.3 is 0 Å². The topological polar surface area (TPSA) is 47.1 Å². The number of aryl methyl sites for hydroxylation is 2. The highest BCUT2D eigenvalue weighted by atomic mass is 35.5. The highest BCUT2D eigenvalue weighted by Crippen LogP contribution is 2.25. The summed E-state index contributed by atoms with van der Waals surface area (Å²) in [5, 5.41) is 5.29. The fourth-order valence-electron chi connectivity index (χ4n) is 2.70. The first-order chi connectivity index (χ1) is 8.52. The zero-order valence-corrected chi connectivity index (χ0v) is 12.2. The molecule has 1 fully saturated rings. The van der Waals surface area contributed by atoms with Crippen molar-refractivity contribution < 1.29 is 0 Å². The molecule has 2 N–H and O–H groups in total. The van der Waals surface area contributed by atoms with Gasteiger partial charge < -0.3 is 5.73 Å². The number of aromatic nitrogens is 2. The van der Waals surface area contributed by atoms with Crippen LogP contribution in [0.2, 0.25) is 5.02 Å². The van der Waals surface area contributed by atoms with E-state index in [-0.39, 0.29) is 0 Å². The van der Waals surface area contributed by atoms with Gasteiger partial charge in [-0.3, -0.25) is 9.58 Å². The average molecular weight is 271 g/mol. The predicted molar refractivity (Wildman–Crippen MR) is 74.7 cm³/mol. The molecule has 2 unspecified atom stereocenters. The Morgan fingerprint density at radius 1 is 1.50 bits per heavy atom. The number of halogens is 1. The Balaban J connectivity index is 2.14. The third-order valence-electron chi connectivity index (χ3n) is 3.86. The molecule has 5 heteroatoms. The molecule has 1 aliphatic heterocycles. The summed E-state index contributed by atoms with van der Waals surface area (Å²) in [6.45, 7) is 9.10. The second-order valence-electron chi connectivity index (χ2n) is 5.27.